The minimum absolute atomic E-state index is 0.00832. The molecule has 29 heavy (non-hydrogen) atoms. The maximum atomic E-state index is 16.9. The minimum Gasteiger partial charge on any atom is -0.390 e. The molecule has 3 saturated carbocycles. The second-order valence-electron chi connectivity index (χ2n) is 10.0. The lowest BCUT2D eigenvalue weighted by molar-refractivity contribution is -0.219. The Labute approximate surface area is 171 Å². The largest absolute Gasteiger partial charge is 0.390 e. The van der Waals surface area contributed by atoms with Gasteiger partial charge >= 0.3 is 0 Å². The Balaban J connectivity index is 1.81. The molecule has 6 heteroatoms. The molecule has 0 spiro atoms. The highest BCUT2D eigenvalue weighted by molar-refractivity contribution is 6.01. The Morgan fingerprint density at radius 3 is 2.69 bits per heavy atom. The molecule has 0 heterocycles. The molecule has 4 rings (SSSR count). The number of ether oxygens (including phenoxy) is 1. The molecule has 4 aliphatic carbocycles. The third-order valence-electron chi connectivity index (χ3n) is 8.92. The Morgan fingerprint density at radius 1 is 1.34 bits per heavy atom. The van der Waals surface area contributed by atoms with Gasteiger partial charge in [0.25, 0.3) is 0 Å². The number of halogens is 1. The van der Waals surface area contributed by atoms with Crippen molar-refractivity contribution in [3.05, 3.63) is 23.8 Å². The highest BCUT2D eigenvalue weighted by Crippen LogP contribution is 2.70. The Kier molecular flexibility index (Phi) is 4.55. The second-order valence-corrected chi connectivity index (χ2v) is 10.0. The van der Waals surface area contributed by atoms with Crippen molar-refractivity contribution >= 4 is 11.6 Å². The lowest BCUT2D eigenvalue weighted by Gasteiger charge is -2.62. The van der Waals surface area contributed by atoms with Gasteiger partial charge in [-0.2, -0.15) is 0 Å². The van der Waals surface area contributed by atoms with Crippen LogP contribution < -0.4 is 0 Å². The molecule has 5 nitrogen and oxygen atoms in total. The number of carbonyl (C=O) groups is 2. The molecule has 0 aromatic rings. The summed E-state index contributed by atoms with van der Waals surface area (Å²) in [4.78, 5) is 24.8. The van der Waals surface area contributed by atoms with Gasteiger partial charge < -0.3 is 14.9 Å². The lowest BCUT2D eigenvalue weighted by Crippen LogP contribution is -2.69. The van der Waals surface area contributed by atoms with Gasteiger partial charge in [0.05, 0.1) is 6.10 Å². The summed E-state index contributed by atoms with van der Waals surface area (Å²) in [7, 11) is 1.41. The van der Waals surface area contributed by atoms with Gasteiger partial charge in [0.1, 0.15) is 12.2 Å². The van der Waals surface area contributed by atoms with Crippen LogP contribution in [0.4, 0.5) is 4.39 Å². The molecule has 6 unspecified atom stereocenters. The molecule has 4 aliphatic rings. The van der Waals surface area contributed by atoms with Crippen LogP contribution in [-0.2, 0) is 14.3 Å². The zero-order chi connectivity index (χ0) is 21.4. The number of Topliss-reactive ketones (excluding diaryl/α,β-unsaturated/α-hetero) is 1. The molecular formula is C23H31FO5. The smallest absolute Gasteiger partial charge is 0.190 e. The van der Waals surface area contributed by atoms with E-state index in [0.717, 1.165) is 5.57 Å². The molecule has 3 fully saturated rings. The fraction of sp³-hybridized carbons (Fsp3) is 0.739. The van der Waals surface area contributed by atoms with Gasteiger partial charge in [0.2, 0.25) is 0 Å². The zero-order valence-corrected chi connectivity index (χ0v) is 17.6. The van der Waals surface area contributed by atoms with E-state index in [0.29, 0.717) is 19.3 Å². The van der Waals surface area contributed by atoms with Crippen molar-refractivity contribution in [1.82, 2.24) is 0 Å². The van der Waals surface area contributed by atoms with Crippen molar-refractivity contribution in [2.45, 2.75) is 63.8 Å². The first-order valence-corrected chi connectivity index (χ1v) is 10.5. The number of hydrogen-bond acceptors (Lipinski definition) is 5. The van der Waals surface area contributed by atoms with E-state index in [9.17, 15) is 19.8 Å². The van der Waals surface area contributed by atoms with Gasteiger partial charge in [0, 0.05) is 23.9 Å². The average Bonchev–Trinajstić information content (AvgIpc) is 2.85. The Hall–Kier alpha value is -1.37. The van der Waals surface area contributed by atoms with Crippen molar-refractivity contribution in [3.63, 3.8) is 0 Å². The predicted octanol–water partition coefficient (Wildman–Crippen LogP) is 2.55. The summed E-state index contributed by atoms with van der Waals surface area (Å²) in [6, 6.07) is 0. The number of alkyl halides is 1. The van der Waals surface area contributed by atoms with Crippen LogP contribution in [0.3, 0.4) is 0 Å². The molecule has 0 bridgehead atoms. The van der Waals surface area contributed by atoms with Crippen LogP contribution >= 0.6 is 0 Å². The molecule has 0 aliphatic heterocycles. The standard InChI is InChI=1S/C23H31FO5/c1-13-9-17-16-6-5-14-10-15(25)7-8-20(14,2)22(16,24)18(26)11-21(17,3)23(13,28)19(27)12-29-4/h7-8,10,13,16-18,26,28H,5-6,9,11-12H2,1-4H3/t13-,16?,17?,18?,20?,21?,22?,23+/m1/s1. The van der Waals surface area contributed by atoms with E-state index >= 15 is 4.39 Å². The van der Waals surface area contributed by atoms with Crippen LogP contribution in [-0.4, -0.2) is 52.9 Å². The average molecular weight is 406 g/mol. The van der Waals surface area contributed by atoms with Gasteiger partial charge in [-0.05, 0) is 56.6 Å². The SMILES string of the molecule is COCC(=O)[C@@]1(O)[C@H](C)CC2C3CCC4=CC(=O)C=CC4(C)C3(F)C(O)CC21C. The van der Waals surface area contributed by atoms with Crippen molar-refractivity contribution < 1.29 is 28.9 Å². The summed E-state index contributed by atoms with van der Waals surface area (Å²) >= 11 is 0. The summed E-state index contributed by atoms with van der Waals surface area (Å²) in [5.74, 6) is -1.67. The number of hydrogen-bond donors (Lipinski definition) is 2. The van der Waals surface area contributed by atoms with E-state index in [1.807, 2.05) is 13.8 Å². The summed E-state index contributed by atoms with van der Waals surface area (Å²) in [6.45, 7) is 5.21. The predicted molar refractivity (Wildman–Crippen MR) is 105 cm³/mol. The summed E-state index contributed by atoms with van der Waals surface area (Å²) in [5.41, 5.74) is -4.89. The number of aliphatic hydroxyl groups excluding tert-OH is 1. The summed E-state index contributed by atoms with van der Waals surface area (Å²) in [6.07, 6.45) is 4.72. The molecule has 8 atom stereocenters. The summed E-state index contributed by atoms with van der Waals surface area (Å²) in [5, 5.41) is 22.8. The van der Waals surface area contributed by atoms with Crippen LogP contribution in [0.15, 0.2) is 23.8 Å². The van der Waals surface area contributed by atoms with Crippen molar-refractivity contribution in [1.29, 1.82) is 0 Å². The maximum absolute atomic E-state index is 16.9. The van der Waals surface area contributed by atoms with E-state index in [4.69, 9.17) is 4.74 Å². The van der Waals surface area contributed by atoms with Gasteiger partial charge in [-0.15, -0.1) is 0 Å². The fourth-order valence-electron chi connectivity index (χ4n) is 7.38. The van der Waals surface area contributed by atoms with Gasteiger partial charge in [-0.1, -0.05) is 25.5 Å². The first kappa shape index (κ1) is 20.9. The topological polar surface area (TPSA) is 83.8 Å². The molecule has 0 aromatic carbocycles. The first-order valence-electron chi connectivity index (χ1n) is 10.5. The molecule has 0 saturated heterocycles. The highest BCUT2D eigenvalue weighted by Gasteiger charge is 2.75. The molecular weight excluding hydrogens is 375 g/mol. The zero-order valence-electron chi connectivity index (χ0n) is 17.6. The maximum Gasteiger partial charge on any atom is 0.190 e. The van der Waals surface area contributed by atoms with E-state index in [2.05, 4.69) is 0 Å². The number of fused-ring (bicyclic) bond motifs is 5. The molecule has 0 aromatic heterocycles. The molecule has 160 valence electrons. The van der Waals surface area contributed by atoms with Crippen LogP contribution in [0.25, 0.3) is 0 Å². The summed E-state index contributed by atoms with van der Waals surface area (Å²) < 4.78 is 22.0. The first-order chi connectivity index (χ1) is 13.5. The monoisotopic (exact) mass is 406 g/mol. The van der Waals surface area contributed by atoms with Crippen molar-refractivity contribution in [3.8, 4) is 0 Å². The van der Waals surface area contributed by atoms with Gasteiger partial charge in [0.15, 0.2) is 17.2 Å². The van der Waals surface area contributed by atoms with Crippen LogP contribution in [0.1, 0.15) is 46.5 Å². The molecule has 0 amide bonds. The van der Waals surface area contributed by atoms with E-state index in [1.165, 1.54) is 19.3 Å². The quantitative estimate of drug-likeness (QED) is 0.753. The normalized spacial score (nSPS) is 51.1. The van der Waals surface area contributed by atoms with Crippen molar-refractivity contribution in [2.75, 3.05) is 13.7 Å². The number of carbonyl (C=O) groups excluding carboxylic acids is 2. The van der Waals surface area contributed by atoms with E-state index in [-0.39, 0.29) is 30.6 Å². The molecule has 0 radical (unpaired) electrons. The third kappa shape index (κ3) is 2.31. The van der Waals surface area contributed by atoms with Crippen LogP contribution in [0.5, 0.6) is 0 Å². The highest BCUT2D eigenvalue weighted by atomic mass is 19.1. The number of methoxy groups -OCH3 is 1. The Bertz CT molecular complexity index is 820. The van der Waals surface area contributed by atoms with Crippen LogP contribution in [0.2, 0.25) is 0 Å². The minimum atomic E-state index is -1.95. The van der Waals surface area contributed by atoms with E-state index in [1.54, 1.807) is 13.0 Å². The third-order valence-corrected chi connectivity index (χ3v) is 8.92. The van der Waals surface area contributed by atoms with Gasteiger partial charge in [-0.25, -0.2) is 4.39 Å². The lowest BCUT2D eigenvalue weighted by atomic mass is 9.44. The fourth-order valence-corrected chi connectivity index (χ4v) is 7.38. The molecule has 2 N–H and O–H groups in total. The second kappa shape index (κ2) is 6.32. The Morgan fingerprint density at radius 2 is 2.03 bits per heavy atom. The number of ketones is 2. The van der Waals surface area contributed by atoms with E-state index < -0.39 is 39.9 Å². The van der Waals surface area contributed by atoms with Crippen LogP contribution in [0, 0.1) is 28.6 Å². The number of allylic oxidation sites excluding steroid dienone is 4. The van der Waals surface area contributed by atoms with Crippen molar-refractivity contribution in [2.24, 2.45) is 28.6 Å². The number of aliphatic hydroxyl groups is 2. The van der Waals surface area contributed by atoms with Gasteiger partial charge in [-0.3, -0.25) is 9.59 Å². The number of rotatable bonds is 3.